The van der Waals surface area contributed by atoms with Crippen LogP contribution >= 0.6 is 15.9 Å². The van der Waals surface area contributed by atoms with Gasteiger partial charge in [0, 0.05) is 21.7 Å². The second kappa shape index (κ2) is 6.34. The van der Waals surface area contributed by atoms with E-state index >= 15 is 0 Å². The lowest BCUT2D eigenvalue weighted by Gasteiger charge is -2.07. The van der Waals surface area contributed by atoms with E-state index in [1.54, 1.807) is 43.5 Å². The zero-order valence-electron chi connectivity index (χ0n) is 13.6. The van der Waals surface area contributed by atoms with Crippen LogP contribution in [0.15, 0.2) is 68.4 Å². The number of rotatable bonds is 3. The summed E-state index contributed by atoms with van der Waals surface area (Å²) in [6.45, 7) is 0. The fraction of sp³-hybridized carbons (Fsp3) is 0.0526. The van der Waals surface area contributed by atoms with Gasteiger partial charge in [0.15, 0.2) is 5.43 Å². The van der Waals surface area contributed by atoms with Crippen molar-refractivity contribution < 1.29 is 14.5 Å². The maximum Gasteiger partial charge on any atom is 0.276 e. The van der Waals surface area contributed by atoms with E-state index < -0.39 is 0 Å². The van der Waals surface area contributed by atoms with Gasteiger partial charge in [-0.1, -0.05) is 33.2 Å². The third-order valence-corrected chi connectivity index (χ3v) is 4.64. The molecule has 130 valence electrons. The number of hydrogen-bond donors (Lipinski definition) is 1. The zero-order valence-corrected chi connectivity index (χ0v) is 15.2. The molecule has 4 aromatic rings. The average Bonchev–Trinajstić information content (AvgIpc) is 3.11. The van der Waals surface area contributed by atoms with Crippen molar-refractivity contribution in [2.24, 2.45) is 0 Å². The van der Waals surface area contributed by atoms with Crippen LogP contribution in [0.5, 0.6) is 5.75 Å². The molecule has 0 saturated carbocycles. The lowest BCUT2D eigenvalue weighted by Crippen LogP contribution is -2.09. The monoisotopic (exact) mass is 412 g/mol. The van der Waals surface area contributed by atoms with Crippen molar-refractivity contribution >= 4 is 27.0 Å². The molecule has 0 unspecified atom stereocenters. The predicted octanol–water partition coefficient (Wildman–Crippen LogP) is 4.33. The van der Waals surface area contributed by atoms with Gasteiger partial charge in [0.1, 0.15) is 16.8 Å². The summed E-state index contributed by atoms with van der Waals surface area (Å²) in [5.74, 6) is 0.693. The van der Waals surface area contributed by atoms with Crippen LogP contribution in [-0.2, 0) is 0 Å². The van der Waals surface area contributed by atoms with Gasteiger partial charge in [-0.25, -0.2) is 0 Å². The second-order valence-electron chi connectivity index (χ2n) is 5.65. The summed E-state index contributed by atoms with van der Waals surface area (Å²) in [6, 6.07) is 15.7. The molecular formula is C19H13BrN2O4. The molecule has 0 aliphatic carbocycles. The highest BCUT2D eigenvalue weighted by Gasteiger charge is 2.20. The Hall–Kier alpha value is -3.06. The number of benzene rings is 2. The van der Waals surface area contributed by atoms with Crippen molar-refractivity contribution in [3.8, 4) is 28.3 Å². The molecule has 2 aromatic carbocycles. The largest absolute Gasteiger partial charge is 0.497 e. The van der Waals surface area contributed by atoms with E-state index in [4.69, 9.17) is 9.26 Å². The SMILES string of the molecule is COc1ccc(-c2noc3c2c(=O)cc(-c2ccc(Br)cc2)n3O)cc1. The van der Waals surface area contributed by atoms with E-state index in [0.717, 1.165) is 9.20 Å². The smallest absolute Gasteiger partial charge is 0.276 e. The van der Waals surface area contributed by atoms with Crippen molar-refractivity contribution in [2.75, 3.05) is 7.11 Å². The molecule has 6 nitrogen and oxygen atoms in total. The third kappa shape index (κ3) is 2.66. The molecule has 0 atom stereocenters. The molecule has 0 bridgehead atoms. The van der Waals surface area contributed by atoms with E-state index in [2.05, 4.69) is 21.1 Å². The Morgan fingerprint density at radius 3 is 2.38 bits per heavy atom. The highest BCUT2D eigenvalue weighted by atomic mass is 79.9. The van der Waals surface area contributed by atoms with Gasteiger partial charge < -0.3 is 14.5 Å². The number of hydrogen-bond acceptors (Lipinski definition) is 5. The first-order valence-corrected chi connectivity index (χ1v) is 8.53. The van der Waals surface area contributed by atoms with Crippen molar-refractivity contribution in [1.29, 1.82) is 0 Å². The molecule has 0 radical (unpaired) electrons. The molecule has 1 N–H and O–H groups in total. The van der Waals surface area contributed by atoms with Gasteiger partial charge in [-0.2, -0.15) is 0 Å². The third-order valence-electron chi connectivity index (χ3n) is 4.11. The summed E-state index contributed by atoms with van der Waals surface area (Å²) in [6.07, 6.45) is 0. The van der Waals surface area contributed by atoms with E-state index in [-0.39, 0.29) is 16.5 Å². The van der Waals surface area contributed by atoms with Crippen LogP contribution in [0.3, 0.4) is 0 Å². The van der Waals surface area contributed by atoms with Crippen molar-refractivity contribution in [3.63, 3.8) is 0 Å². The molecule has 0 saturated heterocycles. The predicted molar refractivity (Wildman–Crippen MR) is 101 cm³/mol. The summed E-state index contributed by atoms with van der Waals surface area (Å²) in [5, 5.41) is 14.8. The number of aromatic nitrogens is 2. The van der Waals surface area contributed by atoms with Crippen LogP contribution in [0, 0.1) is 0 Å². The van der Waals surface area contributed by atoms with Crippen molar-refractivity contribution in [3.05, 3.63) is 69.3 Å². The Morgan fingerprint density at radius 2 is 1.73 bits per heavy atom. The zero-order chi connectivity index (χ0) is 18.3. The Morgan fingerprint density at radius 1 is 1.08 bits per heavy atom. The lowest BCUT2D eigenvalue weighted by atomic mass is 10.1. The van der Waals surface area contributed by atoms with Crippen LogP contribution < -0.4 is 10.2 Å². The maximum atomic E-state index is 12.7. The number of methoxy groups -OCH3 is 1. The minimum absolute atomic E-state index is 0.00115. The Labute approximate surface area is 156 Å². The Kier molecular flexibility index (Phi) is 4.00. The van der Waals surface area contributed by atoms with Crippen molar-refractivity contribution in [2.45, 2.75) is 0 Å². The topological polar surface area (TPSA) is 77.5 Å². The fourth-order valence-electron chi connectivity index (χ4n) is 2.79. The van der Waals surface area contributed by atoms with Crippen LogP contribution in [0.4, 0.5) is 0 Å². The van der Waals surface area contributed by atoms with E-state index in [9.17, 15) is 10.0 Å². The van der Waals surface area contributed by atoms with Gasteiger partial charge in [0.2, 0.25) is 0 Å². The molecular weight excluding hydrogens is 400 g/mol. The molecule has 0 aliphatic rings. The average molecular weight is 413 g/mol. The van der Waals surface area contributed by atoms with Crippen LogP contribution in [-0.4, -0.2) is 22.2 Å². The number of nitrogens with zero attached hydrogens (tertiary/aromatic N) is 2. The Balaban J connectivity index is 1.90. The molecule has 26 heavy (non-hydrogen) atoms. The van der Waals surface area contributed by atoms with E-state index in [1.165, 1.54) is 6.07 Å². The van der Waals surface area contributed by atoms with Crippen LogP contribution in [0.25, 0.3) is 33.6 Å². The number of pyridine rings is 1. The van der Waals surface area contributed by atoms with E-state index in [0.29, 0.717) is 28.3 Å². The molecule has 7 heteroatoms. The molecule has 4 rings (SSSR count). The summed E-state index contributed by atoms with van der Waals surface area (Å²) in [7, 11) is 1.58. The summed E-state index contributed by atoms with van der Waals surface area (Å²) in [5.41, 5.74) is 1.79. The summed E-state index contributed by atoms with van der Waals surface area (Å²) < 4.78 is 12.2. The number of fused-ring (bicyclic) bond motifs is 1. The molecule has 2 heterocycles. The van der Waals surface area contributed by atoms with Gasteiger partial charge in [-0.15, -0.1) is 4.73 Å². The highest BCUT2D eigenvalue weighted by molar-refractivity contribution is 9.10. The first-order chi connectivity index (χ1) is 12.6. The molecule has 0 amide bonds. The first-order valence-electron chi connectivity index (χ1n) is 7.73. The number of ether oxygens (including phenoxy) is 1. The van der Waals surface area contributed by atoms with Gasteiger partial charge in [0.05, 0.1) is 12.8 Å². The quantitative estimate of drug-likeness (QED) is 0.506. The van der Waals surface area contributed by atoms with Gasteiger partial charge in [0.25, 0.3) is 5.71 Å². The Bertz CT molecular complexity index is 1150. The molecule has 0 spiro atoms. The number of halogens is 1. The van der Waals surface area contributed by atoms with Gasteiger partial charge in [-0.05, 0) is 36.4 Å². The maximum absolute atomic E-state index is 12.7. The lowest BCUT2D eigenvalue weighted by molar-refractivity contribution is 0.185. The molecule has 0 fully saturated rings. The van der Waals surface area contributed by atoms with Crippen molar-refractivity contribution in [1.82, 2.24) is 9.89 Å². The van der Waals surface area contributed by atoms with E-state index in [1.807, 2.05) is 12.1 Å². The highest BCUT2D eigenvalue weighted by Crippen LogP contribution is 2.29. The van der Waals surface area contributed by atoms with Crippen LogP contribution in [0.1, 0.15) is 0 Å². The summed E-state index contributed by atoms with van der Waals surface area (Å²) >= 11 is 3.36. The minimum Gasteiger partial charge on any atom is -0.497 e. The standard InChI is InChI=1S/C19H13BrN2O4/c1-25-14-8-4-12(5-9-14)18-17-16(23)10-15(22(24)19(17)26-21-18)11-2-6-13(20)7-3-11/h2-10,24H,1H3. The van der Waals surface area contributed by atoms with Gasteiger partial charge >= 0.3 is 0 Å². The fourth-order valence-corrected chi connectivity index (χ4v) is 3.05. The molecule has 0 aliphatic heterocycles. The van der Waals surface area contributed by atoms with Crippen LogP contribution in [0.2, 0.25) is 0 Å². The second-order valence-corrected chi connectivity index (χ2v) is 6.57. The normalized spacial score (nSPS) is 11.0. The van der Waals surface area contributed by atoms with Gasteiger partial charge in [-0.3, -0.25) is 4.79 Å². The summed E-state index contributed by atoms with van der Waals surface area (Å²) in [4.78, 5) is 12.7. The first kappa shape index (κ1) is 16.4. The molecule has 2 aromatic heterocycles. The minimum atomic E-state index is -0.282.